The Morgan fingerprint density at radius 3 is 2.71 bits per heavy atom. The Hall–Kier alpha value is -2.30. The number of aromatic nitrogens is 2. The van der Waals surface area contributed by atoms with Gasteiger partial charge in [-0.1, -0.05) is 6.92 Å². The molecule has 1 N–H and O–H groups in total. The van der Waals surface area contributed by atoms with Crippen molar-refractivity contribution in [3.8, 4) is 22.9 Å². The second-order valence-corrected chi connectivity index (χ2v) is 4.92. The summed E-state index contributed by atoms with van der Waals surface area (Å²) in [6.07, 6.45) is 0.879. The predicted molar refractivity (Wildman–Crippen MR) is 81.9 cm³/mol. The molecule has 0 radical (unpaired) electrons. The van der Waals surface area contributed by atoms with Crippen molar-refractivity contribution in [2.45, 2.75) is 27.2 Å². The van der Waals surface area contributed by atoms with Gasteiger partial charge in [0.05, 0.1) is 0 Å². The molecule has 0 saturated heterocycles. The highest BCUT2D eigenvalue weighted by atomic mass is 16.7. The van der Waals surface area contributed by atoms with Gasteiger partial charge in [0.2, 0.25) is 6.79 Å². The first kappa shape index (κ1) is 13.7. The van der Waals surface area contributed by atoms with Crippen molar-refractivity contribution in [3.05, 3.63) is 29.5 Å². The van der Waals surface area contributed by atoms with Crippen molar-refractivity contribution < 1.29 is 9.47 Å². The fraction of sp³-hybridized carbons (Fsp3) is 0.375. The molecule has 5 heteroatoms. The van der Waals surface area contributed by atoms with Gasteiger partial charge in [-0.2, -0.15) is 0 Å². The molecule has 0 unspecified atom stereocenters. The van der Waals surface area contributed by atoms with E-state index in [1.54, 1.807) is 0 Å². The van der Waals surface area contributed by atoms with E-state index < -0.39 is 0 Å². The van der Waals surface area contributed by atoms with Crippen LogP contribution in [0.1, 0.15) is 25.1 Å². The van der Waals surface area contributed by atoms with Crippen molar-refractivity contribution in [3.63, 3.8) is 0 Å². The highest BCUT2D eigenvalue weighted by molar-refractivity contribution is 5.64. The summed E-state index contributed by atoms with van der Waals surface area (Å²) in [6.45, 7) is 7.33. The van der Waals surface area contributed by atoms with Crippen molar-refractivity contribution in [2.75, 3.05) is 18.7 Å². The molecular formula is C16H19N3O2. The minimum absolute atomic E-state index is 0.274. The number of aryl methyl sites for hydroxylation is 1. The number of anilines is 1. The predicted octanol–water partition coefficient (Wildman–Crippen LogP) is 3.17. The molecule has 0 spiro atoms. The molecule has 2 heterocycles. The third kappa shape index (κ3) is 2.51. The highest BCUT2D eigenvalue weighted by Gasteiger charge is 2.16. The molecule has 2 aromatic rings. The molecule has 21 heavy (non-hydrogen) atoms. The fourth-order valence-electron chi connectivity index (χ4n) is 2.41. The van der Waals surface area contributed by atoms with Gasteiger partial charge in [0, 0.05) is 23.4 Å². The van der Waals surface area contributed by atoms with Gasteiger partial charge in [-0.15, -0.1) is 0 Å². The van der Waals surface area contributed by atoms with Crippen molar-refractivity contribution >= 4 is 5.82 Å². The Morgan fingerprint density at radius 2 is 1.95 bits per heavy atom. The zero-order chi connectivity index (χ0) is 14.8. The SMILES string of the molecule is CCNc1nc(-c2ccc3c(c2)OCO3)nc(CC)c1C. The second kappa shape index (κ2) is 5.60. The van der Waals surface area contributed by atoms with E-state index in [9.17, 15) is 0 Å². The van der Waals surface area contributed by atoms with Crippen LogP contribution in [0.25, 0.3) is 11.4 Å². The first-order valence-electron chi connectivity index (χ1n) is 7.24. The van der Waals surface area contributed by atoms with Gasteiger partial charge in [0.15, 0.2) is 17.3 Å². The molecule has 0 saturated carbocycles. The van der Waals surface area contributed by atoms with Gasteiger partial charge in [0.1, 0.15) is 5.82 Å². The summed E-state index contributed by atoms with van der Waals surface area (Å²) in [7, 11) is 0. The van der Waals surface area contributed by atoms with Crippen LogP contribution >= 0.6 is 0 Å². The second-order valence-electron chi connectivity index (χ2n) is 4.92. The Bertz CT molecular complexity index is 671. The van der Waals surface area contributed by atoms with Gasteiger partial charge in [-0.25, -0.2) is 9.97 Å². The summed E-state index contributed by atoms with van der Waals surface area (Å²) in [5.41, 5.74) is 3.12. The van der Waals surface area contributed by atoms with Crippen LogP contribution < -0.4 is 14.8 Å². The standard InChI is InChI=1S/C16H19N3O2/c1-4-12-10(3)15(17-5-2)19-16(18-12)11-6-7-13-14(8-11)21-9-20-13/h6-8H,4-5,9H2,1-3H3,(H,17,18,19). The van der Waals surface area contributed by atoms with Gasteiger partial charge < -0.3 is 14.8 Å². The molecule has 0 amide bonds. The minimum atomic E-state index is 0.274. The first-order chi connectivity index (χ1) is 10.2. The van der Waals surface area contributed by atoms with Gasteiger partial charge in [-0.3, -0.25) is 0 Å². The average molecular weight is 285 g/mol. The lowest BCUT2D eigenvalue weighted by Crippen LogP contribution is -2.07. The number of rotatable bonds is 4. The quantitative estimate of drug-likeness (QED) is 0.935. The van der Waals surface area contributed by atoms with Crippen LogP contribution in [0.3, 0.4) is 0 Å². The van der Waals surface area contributed by atoms with Crippen LogP contribution in [0.15, 0.2) is 18.2 Å². The van der Waals surface area contributed by atoms with Crippen LogP contribution in [0.5, 0.6) is 11.5 Å². The molecule has 1 aliphatic rings. The van der Waals surface area contributed by atoms with Gasteiger partial charge in [-0.05, 0) is 38.5 Å². The van der Waals surface area contributed by atoms with Crippen LogP contribution in [-0.4, -0.2) is 23.3 Å². The Kier molecular flexibility index (Phi) is 3.64. The Balaban J connectivity index is 2.07. The zero-order valence-electron chi connectivity index (χ0n) is 12.6. The number of nitrogens with one attached hydrogen (secondary N) is 1. The summed E-state index contributed by atoms with van der Waals surface area (Å²) < 4.78 is 10.8. The largest absolute Gasteiger partial charge is 0.454 e. The van der Waals surface area contributed by atoms with Crippen LogP contribution in [0, 0.1) is 6.92 Å². The maximum atomic E-state index is 5.43. The maximum Gasteiger partial charge on any atom is 0.231 e. The summed E-state index contributed by atoms with van der Waals surface area (Å²) in [4.78, 5) is 9.33. The molecule has 1 aliphatic heterocycles. The maximum absolute atomic E-state index is 5.43. The zero-order valence-corrected chi connectivity index (χ0v) is 12.6. The Morgan fingerprint density at radius 1 is 1.14 bits per heavy atom. The molecule has 1 aromatic carbocycles. The number of hydrogen-bond acceptors (Lipinski definition) is 5. The van der Waals surface area contributed by atoms with Crippen molar-refractivity contribution in [2.24, 2.45) is 0 Å². The molecule has 0 aliphatic carbocycles. The van der Waals surface area contributed by atoms with Crippen LogP contribution in [-0.2, 0) is 6.42 Å². The number of hydrogen-bond donors (Lipinski definition) is 1. The van der Waals surface area contributed by atoms with E-state index in [0.717, 1.165) is 47.1 Å². The summed E-state index contributed by atoms with van der Waals surface area (Å²) in [5.74, 6) is 3.14. The number of ether oxygens (including phenoxy) is 2. The van der Waals surface area contributed by atoms with E-state index >= 15 is 0 Å². The van der Waals surface area contributed by atoms with E-state index in [1.165, 1.54) is 0 Å². The third-order valence-corrected chi connectivity index (χ3v) is 3.56. The van der Waals surface area contributed by atoms with Crippen molar-refractivity contribution in [1.82, 2.24) is 9.97 Å². The molecule has 0 bridgehead atoms. The average Bonchev–Trinajstić information content (AvgIpc) is 2.97. The monoisotopic (exact) mass is 285 g/mol. The van der Waals surface area contributed by atoms with Crippen LogP contribution in [0.2, 0.25) is 0 Å². The highest BCUT2D eigenvalue weighted by Crippen LogP contribution is 2.35. The molecule has 3 rings (SSSR count). The first-order valence-corrected chi connectivity index (χ1v) is 7.24. The molecule has 5 nitrogen and oxygen atoms in total. The molecule has 0 atom stereocenters. The van der Waals surface area contributed by atoms with E-state index in [2.05, 4.69) is 36.1 Å². The van der Waals surface area contributed by atoms with E-state index in [1.807, 2.05) is 18.2 Å². The smallest absolute Gasteiger partial charge is 0.231 e. The molecular weight excluding hydrogens is 266 g/mol. The lowest BCUT2D eigenvalue weighted by Gasteiger charge is -2.12. The van der Waals surface area contributed by atoms with E-state index in [0.29, 0.717) is 5.82 Å². The van der Waals surface area contributed by atoms with Gasteiger partial charge in [0.25, 0.3) is 0 Å². The number of nitrogens with zero attached hydrogens (tertiary/aromatic N) is 2. The minimum Gasteiger partial charge on any atom is -0.454 e. The number of benzene rings is 1. The van der Waals surface area contributed by atoms with Gasteiger partial charge >= 0.3 is 0 Å². The summed E-state index contributed by atoms with van der Waals surface area (Å²) in [6, 6.07) is 5.80. The lowest BCUT2D eigenvalue weighted by atomic mass is 10.1. The topological polar surface area (TPSA) is 56.3 Å². The Labute approximate surface area is 124 Å². The van der Waals surface area contributed by atoms with E-state index in [4.69, 9.17) is 9.47 Å². The van der Waals surface area contributed by atoms with E-state index in [-0.39, 0.29) is 6.79 Å². The van der Waals surface area contributed by atoms with Crippen molar-refractivity contribution in [1.29, 1.82) is 0 Å². The molecule has 1 aromatic heterocycles. The summed E-state index contributed by atoms with van der Waals surface area (Å²) >= 11 is 0. The molecule has 110 valence electrons. The fourth-order valence-corrected chi connectivity index (χ4v) is 2.41. The lowest BCUT2D eigenvalue weighted by molar-refractivity contribution is 0.174. The summed E-state index contributed by atoms with van der Waals surface area (Å²) in [5, 5.41) is 3.31. The normalized spacial score (nSPS) is 12.5. The van der Waals surface area contributed by atoms with Crippen LogP contribution in [0.4, 0.5) is 5.82 Å². The molecule has 0 fully saturated rings. The number of fused-ring (bicyclic) bond motifs is 1. The third-order valence-electron chi connectivity index (χ3n) is 3.56.